The van der Waals surface area contributed by atoms with E-state index in [-0.39, 0.29) is 36.1 Å². The first-order chi connectivity index (χ1) is 17.5. The van der Waals surface area contributed by atoms with Crippen LogP contribution < -0.4 is 20.9 Å². The molecule has 1 aliphatic rings. The second-order valence-electron chi connectivity index (χ2n) is 10.7. The summed E-state index contributed by atoms with van der Waals surface area (Å²) in [5.41, 5.74) is 2.40. The van der Waals surface area contributed by atoms with Gasteiger partial charge in [0.1, 0.15) is 6.54 Å². The largest absolute Gasteiger partial charge is 0.368 e. The Hall–Kier alpha value is -3.75. The van der Waals surface area contributed by atoms with E-state index >= 15 is 0 Å². The fourth-order valence-electron chi connectivity index (χ4n) is 4.04. The molecule has 37 heavy (non-hydrogen) atoms. The molecule has 0 radical (unpaired) electrons. The van der Waals surface area contributed by atoms with Crippen molar-refractivity contribution in [2.45, 2.75) is 52.7 Å². The van der Waals surface area contributed by atoms with Gasteiger partial charge in [-0.05, 0) is 64.4 Å². The maximum absolute atomic E-state index is 12.8. The van der Waals surface area contributed by atoms with Crippen LogP contribution in [0.15, 0.2) is 54.6 Å². The van der Waals surface area contributed by atoms with E-state index in [1.54, 1.807) is 0 Å². The first-order valence-electron chi connectivity index (χ1n) is 12.8. The Bertz CT molecular complexity index is 1040. The monoisotopic (exact) mass is 508 g/mol. The van der Waals surface area contributed by atoms with Gasteiger partial charge in [0.2, 0.25) is 5.91 Å². The zero-order chi connectivity index (χ0) is 27.0. The van der Waals surface area contributed by atoms with E-state index in [4.69, 9.17) is 0 Å². The number of piperazine rings is 1. The molecule has 0 atom stereocenters. The van der Waals surface area contributed by atoms with Crippen LogP contribution in [0.2, 0.25) is 0 Å². The first-order valence-corrected chi connectivity index (χ1v) is 12.8. The maximum Gasteiger partial charge on any atom is 0.318 e. The predicted molar refractivity (Wildman–Crippen MR) is 148 cm³/mol. The number of rotatable bonds is 7. The number of carbonyl (C=O) groups excluding carboxylic acids is 3. The van der Waals surface area contributed by atoms with Gasteiger partial charge in [-0.25, -0.2) is 9.59 Å². The SMILES string of the molecule is CC(C)NC(=O)N(CC(=O)Nc1ccc(N2CCN(C(=O)NC(C)(C)C)CC2)cc1)Cc1ccccc1. The Labute approximate surface area is 220 Å². The number of nitrogens with one attached hydrogen (secondary N) is 3. The Morgan fingerprint density at radius 1 is 0.919 bits per heavy atom. The molecular formula is C28H40N6O3. The molecule has 0 unspecified atom stereocenters. The highest BCUT2D eigenvalue weighted by atomic mass is 16.2. The number of nitrogens with zero attached hydrogens (tertiary/aromatic N) is 3. The molecule has 1 saturated heterocycles. The van der Waals surface area contributed by atoms with Crippen molar-refractivity contribution in [2.75, 3.05) is 42.9 Å². The lowest BCUT2D eigenvalue weighted by Crippen LogP contribution is -2.55. The summed E-state index contributed by atoms with van der Waals surface area (Å²) in [6.07, 6.45) is 0. The van der Waals surface area contributed by atoms with Gasteiger partial charge < -0.3 is 30.7 Å². The fourth-order valence-corrected chi connectivity index (χ4v) is 4.04. The number of amides is 5. The van der Waals surface area contributed by atoms with E-state index in [1.165, 1.54) is 4.90 Å². The minimum Gasteiger partial charge on any atom is -0.368 e. The van der Waals surface area contributed by atoms with Crippen LogP contribution in [0, 0.1) is 0 Å². The van der Waals surface area contributed by atoms with Gasteiger partial charge in [-0.15, -0.1) is 0 Å². The molecule has 5 amide bonds. The molecule has 2 aromatic carbocycles. The topological polar surface area (TPSA) is 97.0 Å². The minimum absolute atomic E-state index is 0.0314. The van der Waals surface area contributed by atoms with E-state index < -0.39 is 0 Å². The lowest BCUT2D eigenvalue weighted by Gasteiger charge is -2.37. The smallest absolute Gasteiger partial charge is 0.318 e. The van der Waals surface area contributed by atoms with Crippen LogP contribution in [0.4, 0.5) is 21.0 Å². The molecule has 1 fully saturated rings. The summed E-state index contributed by atoms with van der Waals surface area (Å²) in [7, 11) is 0. The Balaban J connectivity index is 1.54. The lowest BCUT2D eigenvalue weighted by molar-refractivity contribution is -0.116. The van der Waals surface area contributed by atoms with Crippen LogP contribution in [-0.2, 0) is 11.3 Å². The van der Waals surface area contributed by atoms with Crippen molar-refractivity contribution in [1.82, 2.24) is 20.4 Å². The number of benzene rings is 2. The number of hydrogen-bond acceptors (Lipinski definition) is 4. The molecule has 9 heteroatoms. The van der Waals surface area contributed by atoms with Crippen molar-refractivity contribution in [3.8, 4) is 0 Å². The van der Waals surface area contributed by atoms with Crippen LogP contribution in [0.3, 0.4) is 0 Å². The molecule has 200 valence electrons. The number of hydrogen-bond donors (Lipinski definition) is 3. The van der Waals surface area contributed by atoms with Crippen molar-refractivity contribution in [1.29, 1.82) is 0 Å². The zero-order valence-corrected chi connectivity index (χ0v) is 22.6. The summed E-state index contributed by atoms with van der Waals surface area (Å²) in [4.78, 5) is 43.5. The molecule has 0 aliphatic carbocycles. The van der Waals surface area contributed by atoms with Gasteiger partial charge in [0.15, 0.2) is 0 Å². The zero-order valence-electron chi connectivity index (χ0n) is 22.6. The first kappa shape index (κ1) is 27.8. The second kappa shape index (κ2) is 12.5. The Morgan fingerprint density at radius 3 is 2.11 bits per heavy atom. The third-order valence-corrected chi connectivity index (χ3v) is 5.82. The lowest BCUT2D eigenvalue weighted by atomic mass is 10.1. The molecule has 0 aromatic heterocycles. The van der Waals surface area contributed by atoms with Crippen LogP contribution in [-0.4, -0.2) is 72.1 Å². The summed E-state index contributed by atoms with van der Waals surface area (Å²) in [5, 5.41) is 8.78. The standard InChI is InChI=1S/C28H40N6O3/c1-21(2)29-26(36)34(19-22-9-7-6-8-10-22)20-25(35)30-23-11-13-24(14-12-23)32-15-17-33(18-16-32)27(37)31-28(3,4)5/h6-14,21H,15-20H2,1-5H3,(H,29,36)(H,30,35)(H,31,37). The average Bonchev–Trinajstić information content (AvgIpc) is 2.83. The fraction of sp³-hybridized carbons (Fsp3) is 0.464. The average molecular weight is 509 g/mol. The van der Waals surface area contributed by atoms with E-state index in [0.29, 0.717) is 25.3 Å². The number of carbonyl (C=O) groups is 3. The Morgan fingerprint density at radius 2 is 1.54 bits per heavy atom. The van der Waals surface area contributed by atoms with Crippen LogP contribution >= 0.6 is 0 Å². The number of urea groups is 2. The summed E-state index contributed by atoms with van der Waals surface area (Å²) in [6, 6.07) is 16.9. The summed E-state index contributed by atoms with van der Waals surface area (Å²) in [5.74, 6) is -0.263. The molecule has 0 saturated carbocycles. The van der Waals surface area contributed by atoms with Crippen LogP contribution in [0.1, 0.15) is 40.2 Å². The van der Waals surface area contributed by atoms with Crippen molar-refractivity contribution >= 4 is 29.3 Å². The van der Waals surface area contributed by atoms with E-state index in [9.17, 15) is 14.4 Å². The highest BCUT2D eigenvalue weighted by molar-refractivity contribution is 5.94. The third-order valence-electron chi connectivity index (χ3n) is 5.82. The van der Waals surface area contributed by atoms with Gasteiger partial charge in [0, 0.05) is 55.7 Å². The summed E-state index contributed by atoms with van der Waals surface area (Å²) < 4.78 is 0. The molecule has 3 rings (SSSR count). The molecule has 3 N–H and O–H groups in total. The van der Waals surface area contributed by atoms with Gasteiger partial charge in [0.05, 0.1) is 0 Å². The van der Waals surface area contributed by atoms with E-state index in [1.807, 2.05) is 94.1 Å². The van der Waals surface area contributed by atoms with Crippen molar-refractivity contribution in [3.63, 3.8) is 0 Å². The third kappa shape index (κ3) is 9.00. The highest BCUT2D eigenvalue weighted by Gasteiger charge is 2.24. The molecule has 1 aliphatic heterocycles. The minimum atomic E-state index is -0.278. The van der Waals surface area contributed by atoms with Crippen LogP contribution in [0.25, 0.3) is 0 Å². The second-order valence-corrected chi connectivity index (χ2v) is 10.7. The summed E-state index contributed by atoms with van der Waals surface area (Å²) >= 11 is 0. The molecule has 1 heterocycles. The van der Waals surface area contributed by atoms with Crippen molar-refractivity contribution in [2.24, 2.45) is 0 Å². The number of anilines is 2. The van der Waals surface area contributed by atoms with E-state index in [2.05, 4.69) is 20.9 Å². The molecule has 0 bridgehead atoms. The predicted octanol–water partition coefficient (Wildman–Crippen LogP) is 3.88. The van der Waals surface area contributed by atoms with Gasteiger partial charge >= 0.3 is 12.1 Å². The molecule has 2 aromatic rings. The molecular weight excluding hydrogens is 468 g/mol. The van der Waals surface area contributed by atoms with Gasteiger partial charge in [0.25, 0.3) is 0 Å². The molecule has 9 nitrogen and oxygen atoms in total. The van der Waals surface area contributed by atoms with Crippen LogP contribution in [0.5, 0.6) is 0 Å². The highest BCUT2D eigenvalue weighted by Crippen LogP contribution is 2.20. The summed E-state index contributed by atoms with van der Waals surface area (Å²) in [6.45, 7) is 12.8. The van der Waals surface area contributed by atoms with Crippen molar-refractivity contribution < 1.29 is 14.4 Å². The van der Waals surface area contributed by atoms with Gasteiger partial charge in [-0.3, -0.25) is 4.79 Å². The quantitative estimate of drug-likeness (QED) is 0.529. The maximum atomic E-state index is 12.8. The van der Waals surface area contributed by atoms with Gasteiger partial charge in [-0.1, -0.05) is 30.3 Å². The normalized spacial score (nSPS) is 13.8. The Kier molecular flexibility index (Phi) is 9.38. The van der Waals surface area contributed by atoms with Crippen molar-refractivity contribution in [3.05, 3.63) is 60.2 Å². The van der Waals surface area contributed by atoms with E-state index in [0.717, 1.165) is 24.3 Å². The van der Waals surface area contributed by atoms with Gasteiger partial charge in [-0.2, -0.15) is 0 Å². The molecule has 0 spiro atoms.